The lowest BCUT2D eigenvalue weighted by Gasteiger charge is -2.45. The molecule has 0 saturated heterocycles. The van der Waals surface area contributed by atoms with Crippen molar-refractivity contribution in [3.05, 3.63) is 41.7 Å². The average Bonchev–Trinajstić information content (AvgIpc) is 3.51. The van der Waals surface area contributed by atoms with Crippen LogP contribution in [-0.2, 0) is 20.2 Å². The topological polar surface area (TPSA) is 95.7 Å². The van der Waals surface area contributed by atoms with Crippen LogP contribution in [0, 0.1) is 5.92 Å². The third-order valence-corrected chi connectivity index (χ3v) is 20.3. The van der Waals surface area contributed by atoms with Crippen molar-refractivity contribution in [1.29, 1.82) is 0 Å². The van der Waals surface area contributed by atoms with E-state index in [1.165, 1.54) is 6.33 Å². The van der Waals surface area contributed by atoms with Crippen LogP contribution in [0.25, 0.3) is 0 Å². The van der Waals surface area contributed by atoms with Crippen LogP contribution in [0.2, 0.25) is 34.8 Å². The minimum atomic E-state index is -2.12. The first-order valence-corrected chi connectivity index (χ1v) is 20.6. The smallest absolute Gasteiger partial charge is 0.233 e. The van der Waals surface area contributed by atoms with E-state index >= 15 is 0 Å². The van der Waals surface area contributed by atoms with Crippen LogP contribution < -0.4 is 5.32 Å². The number of rotatable bonds is 14. The van der Waals surface area contributed by atoms with Gasteiger partial charge in [-0.05, 0) is 53.7 Å². The van der Waals surface area contributed by atoms with Crippen LogP contribution in [0.1, 0.15) is 96.8 Å². The van der Waals surface area contributed by atoms with Crippen LogP contribution >= 0.6 is 0 Å². The van der Waals surface area contributed by atoms with E-state index in [0.29, 0.717) is 41.2 Å². The number of aromatic nitrogens is 2. The number of carbonyl (C=O) groups excluding carboxylic acids is 1. The number of hydrogen-bond donors (Lipinski definition) is 1. The van der Waals surface area contributed by atoms with Gasteiger partial charge in [-0.15, -0.1) is 0 Å². The van der Waals surface area contributed by atoms with E-state index in [2.05, 4.69) is 90.7 Å². The van der Waals surface area contributed by atoms with E-state index in [9.17, 15) is 4.79 Å². The number of ketones is 1. The second-order valence-electron chi connectivity index (χ2n) is 14.5. The first-order valence-electron chi connectivity index (χ1n) is 15.5. The quantitative estimate of drug-likeness (QED) is 0.167. The van der Waals surface area contributed by atoms with Gasteiger partial charge in [0, 0.05) is 37.4 Å². The van der Waals surface area contributed by atoms with Crippen molar-refractivity contribution in [1.82, 2.24) is 9.97 Å². The highest BCUT2D eigenvalue weighted by Gasteiger charge is 2.50. The molecule has 42 heavy (non-hydrogen) atoms. The van der Waals surface area contributed by atoms with Gasteiger partial charge in [-0.3, -0.25) is 4.79 Å². The van der Waals surface area contributed by atoms with E-state index in [-0.39, 0.29) is 34.6 Å². The Kier molecular flexibility index (Phi) is 11.4. The summed E-state index contributed by atoms with van der Waals surface area (Å²) >= 11 is 0. The van der Waals surface area contributed by atoms with Crippen molar-refractivity contribution in [3.8, 4) is 0 Å². The molecule has 1 fully saturated rings. The van der Waals surface area contributed by atoms with Gasteiger partial charge in [0.1, 0.15) is 12.1 Å². The molecule has 0 amide bonds. The van der Waals surface area contributed by atoms with Crippen molar-refractivity contribution in [2.75, 3.05) is 19.0 Å². The van der Waals surface area contributed by atoms with Gasteiger partial charge >= 0.3 is 0 Å². The standard InChI is InChI=1S/C32H55N3O5Si2/c1-21(2)42(22(3)4,23(5)6)40-28-15-26(14-25(28)19-39-41(11,12)32(7,8)9)35-31-27(16-33-20-34-31)30(36)29-13-24(17-37-10)18-38-29/h13,16,18,20-23,25-26,28H,14-15,17,19H2,1-12H3,(H,33,34,35)/t25-,26-,28+/m1/s1. The van der Waals surface area contributed by atoms with Crippen molar-refractivity contribution < 1.29 is 22.8 Å². The molecule has 8 nitrogen and oxygen atoms in total. The van der Waals surface area contributed by atoms with Gasteiger partial charge in [0.05, 0.1) is 24.5 Å². The number of nitrogens with one attached hydrogen (secondary N) is 1. The summed E-state index contributed by atoms with van der Waals surface area (Å²) in [6.45, 7) is 26.6. The second kappa shape index (κ2) is 13.8. The Balaban J connectivity index is 1.88. The summed E-state index contributed by atoms with van der Waals surface area (Å²) < 4.78 is 24.9. The number of hydrogen-bond acceptors (Lipinski definition) is 8. The zero-order chi connectivity index (χ0) is 31.5. The molecule has 1 saturated carbocycles. The van der Waals surface area contributed by atoms with Crippen molar-refractivity contribution in [2.45, 2.75) is 129 Å². The molecular formula is C32H55N3O5Si2. The summed E-state index contributed by atoms with van der Waals surface area (Å²) in [6.07, 6.45) is 6.39. The number of ether oxygens (including phenoxy) is 1. The van der Waals surface area contributed by atoms with Gasteiger partial charge in [0.15, 0.2) is 14.1 Å². The molecular weight excluding hydrogens is 563 g/mol. The van der Waals surface area contributed by atoms with Crippen molar-refractivity contribution in [2.24, 2.45) is 5.92 Å². The molecule has 2 aromatic rings. The van der Waals surface area contributed by atoms with E-state index in [4.69, 9.17) is 18.0 Å². The maximum atomic E-state index is 13.4. The van der Waals surface area contributed by atoms with Gasteiger partial charge < -0.3 is 23.3 Å². The first kappa shape index (κ1) is 34.6. The predicted octanol–water partition coefficient (Wildman–Crippen LogP) is 8.22. The minimum Gasteiger partial charge on any atom is -0.460 e. The molecule has 1 N–H and O–H groups in total. The van der Waals surface area contributed by atoms with Gasteiger partial charge in [-0.1, -0.05) is 62.3 Å². The summed E-state index contributed by atoms with van der Waals surface area (Å²) in [7, 11) is -2.44. The summed E-state index contributed by atoms with van der Waals surface area (Å²) in [5.74, 6) is 0.765. The minimum absolute atomic E-state index is 0.0776. The average molecular weight is 618 g/mol. The molecule has 0 unspecified atom stereocenters. The highest BCUT2D eigenvalue weighted by molar-refractivity contribution is 6.77. The zero-order valence-corrected chi connectivity index (χ0v) is 30.0. The summed E-state index contributed by atoms with van der Waals surface area (Å²) in [5.41, 5.74) is 2.68. The predicted molar refractivity (Wildman–Crippen MR) is 174 cm³/mol. The van der Waals surface area contributed by atoms with Crippen LogP contribution in [0.5, 0.6) is 0 Å². The molecule has 0 spiro atoms. The first-order chi connectivity index (χ1) is 19.5. The Morgan fingerprint density at radius 2 is 1.74 bits per heavy atom. The zero-order valence-electron chi connectivity index (χ0n) is 28.0. The third-order valence-electron chi connectivity index (χ3n) is 9.64. The molecule has 3 atom stereocenters. The van der Waals surface area contributed by atoms with Crippen LogP contribution in [0.4, 0.5) is 5.82 Å². The molecule has 3 rings (SSSR count). The maximum Gasteiger partial charge on any atom is 0.233 e. The van der Waals surface area contributed by atoms with Crippen LogP contribution in [0.3, 0.4) is 0 Å². The molecule has 1 aliphatic rings. The maximum absolute atomic E-state index is 13.4. The van der Waals surface area contributed by atoms with E-state index in [1.807, 2.05) is 0 Å². The van der Waals surface area contributed by atoms with E-state index in [1.54, 1.807) is 25.6 Å². The third kappa shape index (κ3) is 7.61. The summed E-state index contributed by atoms with van der Waals surface area (Å²) in [6, 6.07) is 1.80. The fraction of sp³-hybridized carbons (Fsp3) is 0.719. The van der Waals surface area contributed by atoms with E-state index < -0.39 is 16.6 Å². The molecule has 0 aliphatic heterocycles. The molecule has 2 aromatic heterocycles. The number of methoxy groups -OCH3 is 1. The highest BCUT2D eigenvalue weighted by atomic mass is 28.4. The lowest BCUT2D eigenvalue weighted by molar-refractivity contribution is 0.0971. The lowest BCUT2D eigenvalue weighted by atomic mass is 10.1. The van der Waals surface area contributed by atoms with Crippen molar-refractivity contribution in [3.63, 3.8) is 0 Å². The molecule has 0 radical (unpaired) electrons. The van der Waals surface area contributed by atoms with Gasteiger partial charge in [0.2, 0.25) is 14.1 Å². The lowest BCUT2D eigenvalue weighted by Crippen LogP contribution is -2.51. The van der Waals surface area contributed by atoms with Gasteiger partial charge in [-0.2, -0.15) is 0 Å². The van der Waals surface area contributed by atoms with Gasteiger partial charge in [0.25, 0.3) is 0 Å². The molecule has 10 heteroatoms. The number of anilines is 1. The fourth-order valence-electron chi connectivity index (χ4n) is 6.40. The second-order valence-corrected chi connectivity index (χ2v) is 24.7. The Morgan fingerprint density at radius 1 is 1.10 bits per heavy atom. The number of nitrogens with zero attached hydrogens (tertiary/aromatic N) is 2. The van der Waals surface area contributed by atoms with Crippen molar-refractivity contribution >= 4 is 28.2 Å². The van der Waals surface area contributed by atoms with E-state index in [0.717, 1.165) is 18.4 Å². The summed E-state index contributed by atoms with van der Waals surface area (Å²) in [4.78, 5) is 22.1. The molecule has 0 bridgehead atoms. The monoisotopic (exact) mass is 617 g/mol. The fourth-order valence-corrected chi connectivity index (χ4v) is 13.1. The van der Waals surface area contributed by atoms with Gasteiger partial charge in [-0.25, -0.2) is 9.97 Å². The molecule has 0 aromatic carbocycles. The molecule has 236 valence electrons. The Bertz CT molecular complexity index is 1150. The van der Waals surface area contributed by atoms with Crippen LogP contribution in [0.15, 0.2) is 29.3 Å². The largest absolute Gasteiger partial charge is 0.460 e. The Morgan fingerprint density at radius 3 is 2.31 bits per heavy atom. The summed E-state index contributed by atoms with van der Waals surface area (Å²) in [5, 5.41) is 3.74. The Labute approximate surface area is 256 Å². The normalized spacial score (nSPS) is 20.2. The Hall–Kier alpha value is -1.86. The molecule has 2 heterocycles. The highest BCUT2D eigenvalue weighted by Crippen LogP contribution is 2.46. The molecule has 1 aliphatic carbocycles. The number of carbonyl (C=O) groups is 1. The SMILES string of the molecule is COCc1coc(C(=O)c2cncnc2N[C@@H]2C[C@H](CO[Si](C)(C)C(C)(C)C)[C@@H](O[Si](C(C)C)(C(C)C)C(C)C)C2)c1. The van der Waals surface area contributed by atoms with Crippen LogP contribution in [-0.4, -0.2) is 58.2 Å². The number of furan rings is 1.